The fraction of sp³-hybridized carbons (Fsp3) is 0.217. The van der Waals surface area contributed by atoms with E-state index in [0.717, 1.165) is 11.1 Å². The third-order valence-corrected chi connectivity index (χ3v) is 4.42. The Kier molecular flexibility index (Phi) is 7.00. The Hall–Kier alpha value is -2.89. The molecule has 0 saturated heterocycles. The second-order valence-corrected chi connectivity index (χ2v) is 6.42. The molecule has 0 bridgehead atoms. The van der Waals surface area contributed by atoms with E-state index < -0.39 is 6.10 Å². The number of aliphatic hydroxyl groups is 1. The van der Waals surface area contributed by atoms with Gasteiger partial charge in [0.15, 0.2) is 11.5 Å². The maximum atomic E-state index is 13.7. The minimum absolute atomic E-state index is 0.129. The van der Waals surface area contributed by atoms with Gasteiger partial charge in [-0.1, -0.05) is 54.6 Å². The first-order valence-corrected chi connectivity index (χ1v) is 9.14. The first kappa shape index (κ1) is 19.9. The number of nitrogens with one attached hydrogen (secondary N) is 1. The summed E-state index contributed by atoms with van der Waals surface area (Å²) in [5.74, 6) is 0.845. The second kappa shape index (κ2) is 9.88. The van der Waals surface area contributed by atoms with E-state index in [9.17, 15) is 9.50 Å². The van der Waals surface area contributed by atoms with Crippen LogP contribution in [0.4, 0.5) is 4.39 Å². The average Bonchev–Trinajstić information content (AvgIpc) is 2.74. The molecule has 0 saturated carbocycles. The lowest BCUT2D eigenvalue weighted by Crippen LogP contribution is -2.21. The van der Waals surface area contributed by atoms with Gasteiger partial charge in [0, 0.05) is 18.7 Å². The Morgan fingerprint density at radius 3 is 2.46 bits per heavy atom. The van der Waals surface area contributed by atoms with E-state index in [1.54, 1.807) is 25.3 Å². The lowest BCUT2D eigenvalue weighted by atomic mass is 10.1. The highest BCUT2D eigenvalue weighted by molar-refractivity contribution is 5.43. The first-order chi connectivity index (χ1) is 13.7. The van der Waals surface area contributed by atoms with Gasteiger partial charge in [0.05, 0.1) is 13.2 Å². The molecule has 1 atom stereocenters. The number of hydrogen-bond donors (Lipinski definition) is 2. The molecular formula is C23H24FNO3. The normalized spacial score (nSPS) is 11.8. The lowest BCUT2D eigenvalue weighted by molar-refractivity contribution is 0.174. The molecule has 0 heterocycles. The largest absolute Gasteiger partial charge is 0.493 e. The van der Waals surface area contributed by atoms with Crippen LogP contribution < -0.4 is 14.8 Å². The van der Waals surface area contributed by atoms with Crippen molar-refractivity contribution < 1.29 is 19.0 Å². The molecule has 3 rings (SSSR count). The number of halogens is 1. The molecule has 0 spiro atoms. The molecule has 0 unspecified atom stereocenters. The number of methoxy groups -OCH3 is 1. The maximum Gasteiger partial charge on any atom is 0.161 e. The van der Waals surface area contributed by atoms with E-state index in [2.05, 4.69) is 5.32 Å². The molecule has 0 radical (unpaired) electrons. The smallest absolute Gasteiger partial charge is 0.161 e. The molecule has 146 valence electrons. The lowest BCUT2D eigenvalue weighted by Gasteiger charge is -2.14. The summed E-state index contributed by atoms with van der Waals surface area (Å²) >= 11 is 0. The fourth-order valence-electron chi connectivity index (χ4n) is 2.86. The zero-order chi connectivity index (χ0) is 19.8. The van der Waals surface area contributed by atoms with Gasteiger partial charge in [0.1, 0.15) is 12.4 Å². The van der Waals surface area contributed by atoms with Crippen LogP contribution in [0.1, 0.15) is 22.8 Å². The van der Waals surface area contributed by atoms with Gasteiger partial charge < -0.3 is 19.9 Å². The van der Waals surface area contributed by atoms with E-state index in [0.29, 0.717) is 30.2 Å². The standard InChI is InChI=1S/C23H24FNO3/c1-27-23-13-17(14-25-15-21(26)18-7-3-2-4-8-18)11-12-22(23)28-16-19-9-5-6-10-20(19)24/h2-13,21,25-26H,14-16H2,1H3/t21-/m1/s1. The third-order valence-electron chi connectivity index (χ3n) is 4.42. The van der Waals surface area contributed by atoms with Crippen LogP contribution in [0.3, 0.4) is 0 Å². The molecule has 0 amide bonds. The van der Waals surface area contributed by atoms with Crippen LogP contribution in [0.25, 0.3) is 0 Å². The Balaban J connectivity index is 1.56. The summed E-state index contributed by atoms with van der Waals surface area (Å²) < 4.78 is 24.9. The van der Waals surface area contributed by atoms with Crippen LogP contribution in [0.2, 0.25) is 0 Å². The van der Waals surface area contributed by atoms with Crippen molar-refractivity contribution in [3.8, 4) is 11.5 Å². The number of hydrogen-bond acceptors (Lipinski definition) is 4. The molecule has 4 nitrogen and oxygen atoms in total. The van der Waals surface area contributed by atoms with Gasteiger partial charge in [-0.15, -0.1) is 0 Å². The molecule has 3 aromatic carbocycles. The van der Waals surface area contributed by atoms with E-state index in [1.807, 2.05) is 48.5 Å². The minimum Gasteiger partial charge on any atom is -0.493 e. The van der Waals surface area contributed by atoms with Crippen molar-refractivity contribution in [3.05, 3.63) is 95.3 Å². The molecule has 28 heavy (non-hydrogen) atoms. The quantitative estimate of drug-likeness (QED) is 0.582. The van der Waals surface area contributed by atoms with Gasteiger partial charge in [0.25, 0.3) is 0 Å². The maximum absolute atomic E-state index is 13.7. The molecule has 2 N–H and O–H groups in total. The predicted molar refractivity (Wildman–Crippen MR) is 107 cm³/mol. The highest BCUT2D eigenvalue weighted by atomic mass is 19.1. The molecule has 0 aliphatic rings. The monoisotopic (exact) mass is 381 g/mol. The van der Waals surface area contributed by atoms with E-state index >= 15 is 0 Å². The Morgan fingerprint density at radius 1 is 0.964 bits per heavy atom. The van der Waals surface area contributed by atoms with Gasteiger partial charge in [-0.2, -0.15) is 0 Å². The van der Waals surface area contributed by atoms with Gasteiger partial charge in [-0.25, -0.2) is 4.39 Å². The Bertz CT molecular complexity index is 886. The van der Waals surface area contributed by atoms with Crippen LogP contribution in [-0.4, -0.2) is 18.8 Å². The molecule has 0 aliphatic carbocycles. The van der Waals surface area contributed by atoms with Crippen molar-refractivity contribution in [2.75, 3.05) is 13.7 Å². The number of rotatable bonds is 9. The predicted octanol–water partition coefficient (Wildman–Crippen LogP) is 4.24. The Labute approximate surface area is 164 Å². The minimum atomic E-state index is -0.563. The van der Waals surface area contributed by atoms with Gasteiger partial charge in [-0.05, 0) is 29.3 Å². The summed E-state index contributed by atoms with van der Waals surface area (Å²) in [6.45, 7) is 1.15. The number of ether oxygens (including phenoxy) is 2. The van der Waals surface area contributed by atoms with Crippen LogP contribution >= 0.6 is 0 Å². The summed E-state index contributed by atoms with van der Waals surface area (Å²) in [6.07, 6.45) is -0.563. The molecule has 0 fully saturated rings. The highest BCUT2D eigenvalue weighted by Crippen LogP contribution is 2.29. The van der Waals surface area contributed by atoms with Crippen LogP contribution in [0, 0.1) is 5.82 Å². The van der Waals surface area contributed by atoms with Crippen LogP contribution in [0.5, 0.6) is 11.5 Å². The molecule has 0 aromatic heterocycles. The van der Waals surface area contributed by atoms with Gasteiger partial charge >= 0.3 is 0 Å². The molecule has 3 aromatic rings. The molecule has 0 aliphatic heterocycles. The van der Waals surface area contributed by atoms with Crippen molar-refractivity contribution in [1.29, 1.82) is 0 Å². The second-order valence-electron chi connectivity index (χ2n) is 6.42. The zero-order valence-electron chi connectivity index (χ0n) is 15.8. The van der Waals surface area contributed by atoms with E-state index in [1.165, 1.54) is 6.07 Å². The van der Waals surface area contributed by atoms with Crippen molar-refractivity contribution in [2.45, 2.75) is 19.3 Å². The SMILES string of the molecule is COc1cc(CNC[C@@H](O)c2ccccc2)ccc1OCc1ccccc1F. The van der Waals surface area contributed by atoms with E-state index in [4.69, 9.17) is 9.47 Å². The highest BCUT2D eigenvalue weighted by Gasteiger charge is 2.09. The summed E-state index contributed by atoms with van der Waals surface area (Å²) in [5.41, 5.74) is 2.37. The fourth-order valence-corrected chi connectivity index (χ4v) is 2.86. The summed E-state index contributed by atoms with van der Waals surface area (Å²) in [7, 11) is 1.57. The van der Waals surface area contributed by atoms with Gasteiger partial charge in [0.2, 0.25) is 0 Å². The summed E-state index contributed by atoms with van der Waals surface area (Å²) in [5, 5.41) is 13.4. The van der Waals surface area contributed by atoms with Crippen LogP contribution in [-0.2, 0) is 13.2 Å². The van der Waals surface area contributed by atoms with Crippen molar-refractivity contribution in [3.63, 3.8) is 0 Å². The first-order valence-electron chi connectivity index (χ1n) is 9.14. The van der Waals surface area contributed by atoms with Crippen molar-refractivity contribution in [1.82, 2.24) is 5.32 Å². The number of benzene rings is 3. The van der Waals surface area contributed by atoms with Gasteiger partial charge in [-0.3, -0.25) is 0 Å². The number of aliphatic hydroxyl groups excluding tert-OH is 1. The summed E-state index contributed by atoms with van der Waals surface area (Å²) in [6, 6.07) is 21.7. The summed E-state index contributed by atoms with van der Waals surface area (Å²) in [4.78, 5) is 0. The third kappa shape index (κ3) is 5.31. The molecule has 5 heteroatoms. The Morgan fingerprint density at radius 2 is 1.71 bits per heavy atom. The topological polar surface area (TPSA) is 50.7 Å². The van der Waals surface area contributed by atoms with Crippen LogP contribution in [0.15, 0.2) is 72.8 Å². The molecular weight excluding hydrogens is 357 g/mol. The van der Waals surface area contributed by atoms with E-state index in [-0.39, 0.29) is 12.4 Å². The van der Waals surface area contributed by atoms with Crippen molar-refractivity contribution >= 4 is 0 Å². The average molecular weight is 381 g/mol. The zero-order valence-corrected chi connectivity index (χ0v) is 15.8. The van der Waals surface area contributed by atoms with Crippen molar-refractivity contribution in [2.24, 2.45) is 0 Å².